The highest BCUT2D eigenvalue weighted by Crippen LogP contribution is 2.31. The summed E-state index contributed by atoms with van der Waals surface area (Å²) in [5.41, 5.74) is 1.22. The largest absolute Gasteiger partial charge is 0.370 e. The number of sulfonamides is 2. The lowest BCUT2D eigenvalue weighted by molar-refractivity contribution is 0.599. The Hall–Kier alpha value is -2.30. The first kappa shape index (κ1) is 21.4. The molecule has 3 N–H and O–H groups in total. The molecule has 10 heteroatoms. The van der Waals surface area contributed by atoms with Crippen LogP contribution in [0.25, 0.3) is 0 Å². The summed E-state index contributed by atoms with van der Waals surface area (Å²) in [5, 5.41) is 3.33. The number of nitrogens with one attached hydrogen (secondary N) is 3. The topological polar surface area (TPSA) is 108 Å². The normalized spacial score (nSPS) is 15.6. The first-order valence-corrected chi connectivity index (χ1v) is 12.6. The van der Waals surface area contributed by atoms with Gasteiger partial charge >= 0.3 is 0 Å². The van der Waals surface area contributed by atoms with E-state index in [1.54, 1.807) is 36.4 Å². The van der Waals surface area contributed by atoms with Crippen molar-refractivity contribution in [3.63, 3.8) is 0 Å². The average Bonchev–Trinajstić information content (AvgIpc) is 2.99. The molecule has 2 aromatic carbocycles. The van der Waals surface area contributed by atoms with Gasteiger partial charge in [0.25, 0.3) is 10.0 Å². The second-order valence-electron chi connectivity index (χ2n) is 6.74. The van der Waals surface area contributed by atoms with Crippen molar-refractivity contribution in [3.8, 4) is 0 Å². The fourth-order valence-electron chi connectivity index (χ4n) is 3.05. The standard InChI is InChI=1S/C19H26N4O4S2/c1-2-28(24,25)21-18-10-9-16(23-13-6-11-20-12-14-23)15-19(18)22-29(26,27)17-7-4-3-5-8-17/h3-5,7-10,15,20-22H,2,6,11-14H2,1H3. The molecule has 0 saturated carbocycles. The molecule has 0 bridgehead atoms. The molecule has 0 amide bonds. The van der Waals surface area contributed by atoms with Crippen LogP contribution in [-0.4, -0.2) is 48.8 Å². The van der Waals surface area contributed by atoms with E-state index in [9.17, 15) is 16.8 Å². The Morgan fingerprint density at radius 2 is 1.69 bits per heavy atom. The number of benzene rings is 2. The minimum atomic E-state index is -3.87. The lowest BCUT2D eigenvalue weighted by Crippen LogP contribution is -2.28. The highest BCUT2D eigenvalue weighted by molar-refractivity contribution is 7.93. The molecular formula is C19H26N4O4S2. The molecule has 0 unspecified atom stereocenters. The third-order valence-electron chi connectivity index (χ3n) is 4.65. The summed E-state index contributed by atoms with van der Waals surface area (Å²) in [5.74, 6) is -0.114. The predicted molar refractivity (Wildman–Crippen MR) is 116 cm³/mol. The Kier molecular flexibility index (Phi) is 6.66. The summed E-state index contributed by atoms with van der Waals surface area (Å²) in [6.45, 7) is 4.89. The zero-order valence-electron chi connectivity index (χ0n) is 16.3. The van der Waals surface area contributed by atoms with Crippen LogP contribution in [-0.2, 0) is 20.0 Å². The maximum atomic E-state index is 12.8. The predicted octanol–water partition coefficient (Wildman–Crippen LogP) is 2.05. The van der Waals surface area contributed by atoms with Crippen LogP contribution in [0.4, 0.5) is 17.1 Å². The van der Waals surface area contributed by atoms with Crippen LogP contribution in [0.15, 0.2) is 53.4 Å². The molecule has 1 aliphatic rings. The van der Waals surface area contributed by atoms with E-state index >= 15 is 0 Å². The van der Waals surface area contributed by atoms with E-state index in [4.69, 9.17) is 0 Å². The molecule has 1 saturated heterocycles. The highest BCUT2D eigenvalue weighted by atomic mass is 32.2. The summed E-state index contributed by atoms with van der Waals surface area (Å²) < 4.78 is 54.8. The molecule has 0 aromatic heterocycles. The monoisotopic (exact) mass is 438 g/mol. The number of nitrogens with zero attached hydrogens (tertiary/aromatic N) is 1. The van der Waals surface area contributed by atoms with Crippen LogP contribution in [0.1, 0.15) is 13.3 Å². The Morgan fingerprint density at radius 3 is 2.41 bits per heavy atom. The molecule has 3 rings (SSSR count). The molecule has 0 spiro atoms. The summed E-state index contributed by atoms with van der Waals surface area (Å²) >= 11 is 0. The van der Waals surface area contributed by atoms with Gasteiger partial charge in [-0.25, -0.2) is 16.8 Å². The SMILES string of the molecule is CCS(=O)(=O)Nc1ccc(N2CCCNCC2)cc1NS(=O)(=O)c1ccccc1. The van der Waals surface area contributed by atoms with Gasteiger partial charge < -0.3 is 10.2 Å². The quantitative estimate of drug-likeness (QED) is 0.611. The van der Waals surface area contributed by atoms with Crippen LogP contribution in [0.5, 0.6) is 0 Å². The van der Waals surface area contributed by atoms with Crippen molar-refractivity contribution in [2.45, 2.75) is 18.2 Å². The Morgan fingerprint density at radius 1 is 0.931 bits per heavy atom. The molecule has 8 nitrogen and oxygen atoms in total. The first-order valence-electron chi connectivity index (χ1n) is 9.49. The molecule has 0 aliphatic carbocycles. The van der Waals surface area contributed by atoms with Crippen LogP contribution in [0, 0.1) is 0 Å². The van der Waals surface area contributed by atoms with E-state index in [2.05, 4.69) is 19.7 Å². The van der Waals surface area contributed by atoms with Gasteiger partial charge in [0.2, 0.25) is 10.0 Å². The van der Waals surface area contributed by atoms with Crippen molar-refractivity contribution in [3.05, 3.63) is 48.5 Å². The smallest absolute Gasteiger partial charge is 0.261 e. The molecule has 0 radical (unpaired) electrons. The van der Waals surface area contributed by atoms with Crippen LogP contribution >= 0.6 is 0 Å². The van der Waals surface area contributed by atoms with Gasteiger partial charge in [-0.15, -0.1) is 0 Å². The summed E-state index contributed by atoms with van der Waals surface area (Å²) in [6, 6.07) is 13.1. The van der Waals surface area contributed by atoms with E-state index in [0.29, 0.717) is 0 Å². The maximum Gasteiger partial charge on any atom is 0.261 e. The Labute approximate surface area is 172 Å². The van der Waals surface area contributed by atoms with Gasteiger partial charge in [0.15, 0.2) is 0 Å². The lowest BCUT2D eigenvalue weighted by Gasteiger charge is -2.24. The van der Waals surface area contributed by atoms with Crippen molar-refractivity contribution in [2.75, 3.05) is 46.3 Å². The van der Waals surface area contributed by atoms with E-state index < -0.39 is 20.0 Å². The third-order valence-corrected chi connectivity index (χ3v) is 7.32. The molecule has 1 fully saturated rings. The van der Waals surface area contributed by atoms with Gasteiger partial charge in [0.05, 0.1) is 22.0 Å². The van der Waals surface area contributed by atoms with E-state index in [1.807, 2.05) is 0 Å². The van der Waals surface area contributed by atoms with Crippen LogP contribution in [0.2, 0.25) is 0 Å². The van der Waals surface area contributed by atoms with Crippen molar-refractivity contribution in [1.82, 2.24) is 5.32 Å². The minimum Gasteiger partial charge on any atom is -0.370 e. The van der Waals surface area contributed by atoms with E-state index in [0.717, 1.165) is 38.3 Å². The molecule has 1 aliphatic heterocycles. The molecule has 2 aromatic rings. The molecular weight excluding hydrogens is 412 g/mol. The molecule has 158 valence electrons. The van der Waals surface area contributed by atoms with Gasteiger partial charge in [0.1, 0.15) is 0 Å². The van der Waals surface area contributed by atoms with Crippen molar-refractivity contribution in [2.24, 2.45) is 0 Å². The van der Waals surface area contributed by atoms with Gasteiger partial charge in [-0.2, -0.15) is 0 Å². The second kappa shape index (κ2) is 9.02. The summed E-state index contributed by atoms with van der Waals surface area (Å²) in [4.78, 5) is 2.26. The zero-order valence-corrected chi connectivity index (χ0v) is 17.9. The van der Waals surface area contributed by atoms with E-state index in [-0.39, 0.29) is 22.0 Å². The van der Waals surface area contributed by atoms with Gasteiger partial charge in [-0.1, -0.05) is 18.2 Å². The number of hydrogen-bond donors (Lipinski definition) is 3. The number of anilines is 3. The van der Waals surface area contributed by atoms with Crippen molar-refractivity contribution < 1.29 is 16.8 Å². The first-order chi connectivity index (χ1) is 13.8. The average molecular weight is 439 g/mol. The van der Waals surface area contributed by atoms with Crippen LogP contribution < -0.4 is 19.7 Å². The number of hydrogen-bond acceptors (Lipinski definition) is 6. The lowest BCUT2D eigenvalue weighted by atomic mass is 10.2. The fraction of sp³-hybridized carbons (Fsp3) is 0.368. The van der Waals surface area contributed by atoms with Gasteiger partial charge in [-0.3, -0.25) is 9.44 Å². The van der Waals surface area contributed by atoms with Gasteiger partial charge in [0, 0.05) is 25.3 Å². The Bertz CT molecular complexity index is 1030. The second-order valence-corrected chi connectivity index (χ2v) is 10.4. The fourth-order valence-corrected chi connectivity index (χ4v) is 4.80. The molecule has 29 heavy (non-hydrogen) atoms. The zero-order chi connectivity index (χ0) is 20.9. The third kappa shape index (κ3) is 5.62. The number of rotatable bonds is 7. The Balaban J connectivity index is 1.99. The van der Waals surface area contributed by atoms with Crippen molar-refractivity contribution in [1.29, 1.82) is 0 Å². The maximum absolute atomic E-state index is 12.8. The van der Waals surface area contributed by atoms with Gasteiger partial charge in [-0.05, 0) is 50.2 Å². The molecule has 0 atom stereocenters. The minimum absolute atomic E-state index is 0.105. The summed E-state index contributed by atoms with van der Waals surface area (Å²) in [7, 11) is -7.44. The van der Waals surface area contributed by atoms with E-state index in [1.165, 1.54) is 19.1 Å². The summed E-state index contributed by atoms with van der Waals surface area (Å²) in [6.07, 6.45) is 0.968. The highest BCUT2D eigenvalue weighted by Gasteiger charge is 2.20. The molecule has 1 heterocycles. The van der Waals surface area contributed by atoms with Crippen molar-refractivity contribution >= 4 is 37.1 Å². The van der Waals surface area contributed by atoms with Crippen LogP contribution in [0.3, 0.4) is 0 Å².